The van der Waals surface area contributed by atoms with Crippen LogP contribution in [0.25, 0.3) is 6.08 Å². The zero-order valence-electron chi connectivity index (χ0n) is 16.4. The molecule has 0 aliphatic rings. The third kappa shape index (κ3) is 8.73. The van der Waals surface area contributed by atoms with E-state index in [1.807, 2.05) is 0 Å². The van der Waals surface area contributed by atoms with E-state index in [4.69, 9.17) is 5.73 Å². The lowest BCUT2D eigenvalue weighted by atomic mass is 10.3. The summed E-state index contributed by atoms with van der Waals surface area (Å²) in [5.74, 6) is -0.566. The topological polar surface area (TPSA) is 157 Å². The first-order valence-corrected chi connectivity index (χ1v) is 8.90. The molecule has 1 aromatic heterocycles. The van der Waals surface area contributed by atoms with Crippen molar-refractivity contribution in [1.29, 1.82) is 0 Å². The molecule has 1 aromatic rings. The molecular weight excluding hydrogens is 380 g/mol. The third-order valence-electron chi connectivity index (χ3n) is 3.74. The van der Waals surface area contributed by atoms with Gasteiger partial charge in [-0.1, -0.05) is 12.2 Å². The number of amides is 4. The van der Waals surface area contributed by atoms with Gasteiger partial charge in [0.2, 0.25) is 11.8 Å². The van der Waals surface area contributed by atoms with E-state index in [1.54, 1.807) is 12.2 Å². The van der Waals surface area contributed by atoms with Crippen molar-refractivity contribution in [3.63, 3.8) is 0 Å². The van der Waals surface area contributed by atoms with Gasteiger partial charge in [-0.05, 0) is 12.5 Å². The number of nitrogens with one attached hydrogen (secondary N) is 3. The van der Waals surface area contributed by atoms with Crippen molar-refractivity contribution in [2.45, 2.75) is 12.8 Å². The van der Waals surface area contributed by atoms with Crippen molar-refractivity contribution in [2.75, 3.05) is 19.6 Å². The van der Waals surface area contributed by atoms with Crippen LogP contribution in [-0.2, 0) is 23.7 Å². The van der Waals surface area contributed by atoms with E-state index in [-0.39, 0.29) is 24.4 Å². The number of urea groups is 1. The maximum absolute atomic E-state index is 12.0. The molecule has 0 bridgehead atoms. The highest BCUT2D eigenvalue weighted by molar-refractivity contribution is 5.91. The Labute approximate surface area is 167 Å². The monoisotopic (exact) mass is 406 g/mol. The second-order valence-electron chi connectivity index (χ2n) is 6.09. The minimum Gasteiger partial charge on any atom is -0.353 e. The van der Waals surface area contributed by atoms with E-state index in [0.717, 1.165) is 4.57 Å². The van der Waals surface area contributed by atoms with Crippen LogP contribution in [0.1, 0.15) is 18.4 Å². The average molecular weight is 406 g/mol. The van der Waals surface area contributed by atoms with Crippen molar-refractivity contribution in [1.82, 2.24) is 25.1 Å². The molecule has 1 heterocycles. The molecule has 0 atom stereocenters. The summed E-state index contributed by atoms with van der Waals surface area (Å²) >= 11 is 0. The molecule has 0 fully saturated rings. The highest BCUT2D eigenvalue weighted by Crippen LogP contribution is 1.92. The molecular formula is C18H26N6O5. The maximum atomic E-state index is 12.0. The van der Waals surface area contributed by atoms with Gasteiger partial charge >= 0.3 is 11.7 Å². The molecule has 29 heavy (non-hydrogen) atoms. The molecule has 11 nitrogen and oxygen atoms in total. The molecule has 0 saturated heterocycles. The minimum absolute atomic E-state index is 0.160. The first-order chi connectivity index (χ1) is 13.7. The standard InChI is InChI=1S/C18H26N6O5/c1-23-12-13(16(27)24(2)18(23)29)7-8-15(26)21-10-4-3-9-20-14(25)6-5-11-22-17(19)28/h3-4,7-8,12H,5-6,9-11H2,1-2H3,(H,20,25)(H,21,26)(H3,19,22,28)/b4-3-,8-7+. The number of hydrogen-bond acceptors (Lipinski definition) is 5. The number of primary amides is 1. The molecule has 4 amide bonds. The zero-order chi connectivity index (χ0) is 21.8. The fourth-order valence-corrected chi connectivity index (χ4v) is 2.22. The van der Waals surface area contributed by atoms with E-state index in [1.165, 1.54) is 37.0 Å². The van der Waals surface area contributed by atoms with Gasteiger partial charge in [0.05, 0.1) is 5.56 Å². The summed E-state index contributed by atoms with van der Waals surface area (Å²) in [6.45, 7) is 0.887. The highest BCUT2D eigenvalue weighted by atomic mass is 16.2. The average Bonchev–Trinajstić information content (AvgIpc) is 2.67. The molecule has 11 heteroatoms. The number of carbonyl (C=O) groups excluding carboxylic acids is 3. The maximum Gasteiger partial charge on any atom is 0.330 e. The van der Waals surface area contributed by atoms with Gasteiger partial charge < -0.3 is 26.3 Å². The predicted octanol–water partition coefficient (Wildman–Crippen LogP) is -1.67. The number of hydrogen-bond donors (Lipinski definition) is 4. The van der Waals surface area contributed by atoms with Gasteiger partial charge in [0, 0.05) is 52.4 Å². The number of aromatic nitrogens is 2. The zero-order valence-corrected chi connectivity index (χ0v) is 16.4. The van der Waals surface area contributed by atoms with Crippen LogP contribution >= 0.6 is 0 Å². The van der Waals surface area contributed by atoms with E-state index in [2.05, 4.69) is 16.0 Å². The van der Waals surface area contributed by atoms with Crippen LogP contribution in [0.3, 0.4) is 0 Å². The number of nitrogens with two attached hydrogens (primary N) is 1. The first kappa shape index (κ1) is 23.4. The molecule has 0 aliphatic carbocycles. The van der Waals surface area contributed by atoms with Crippen LogP contribution in [0.4, 0.5) is 4.79 Å². The molecule has 5 N–H and O–H groups in total. The summed E-state index contributed by atoms with van der Waals surface area (Å²) < 4.78 is 2.22. The van der Waals surface area contributed by atoms with Crippen LogP contribution in [0.5, 0.6) is 0 Å². The van der Waals surface area contributed by atoms with Crippen molar-refractivity contribution in [3.05, 3.63) is 50.8 Å². The lowest BCUT2D eigenvalue weighted by Gasteiger charge is -2.03. The van der Waals surface area contributed by atoms with Crippen LogP contribution in [0, 0.1) is 0 Å². The highest BCUT2D eigenvalue weighted by Gasteiger charge is 2.04. The van der Waals surface area contributed by atoms with Gasteiger partial charge in [-0.25, -0.2) is 9.59 Å². The molecule has 0 aromatic carbocycles. The van der Waals surface area contributed by atoms with E-state index >= 15 is 0 Å². The summed E-state index contributed by atoms with van der Waals surface area (Å²) in [5, 5.41) is 7.66. The van der Waals surface area contributed by atoms with Crippen molar-refractivity contribution >= 4 is 23.9 Å². The van der Waals surface area contributed by atoms with Crippen molar-refractivity contribution in [3.8, 4) is 0 Å². The minimum atomic E-state index is -0.623. The van der Waals surface area contributed by atoms with E-state index in [9.17, 15) is 24.0 Å². The number of rotatable bonds is 10. The smallest absolute Gasteiger partial charge is 0.330 e. The Balaban J connectivity index is 2.31. The summed E-state index contributed by atoms with van der Waals surface area (Å²) in [7, 11) is 2.88. The SMILES string of the molecule is Cn1cc(/C=C/C(=O)NC/C=C\CNC(=O)CCCNC(N)=O)c(=O)n(C)c1=O. The molecule has 0 radical (unpaired) electrons. The summed E-state index contributed by atoms with van der Waals surface area (Å²) in [5.41, 5.74) is 4.19. The van der Waals surface area contributed by atoms with Crippen LogP contribution in [0.2, 0.25) is 0 Å². The molecule has 1 rings (SSSR count). The van der Waals surface area contributed by atoms with Gasteiger partial charge in [0.15, 0.2) is 0 Å². The Bertz CT molecular complexity index is 912. The normalized spacial score (nSPS) is 11.0. The quantitative estimate of drug-likeness (QED) is 0.208. The lowest BCUT2D eigenvalue weighted by molar-refractivity contribution is -0.121. The van der Waals surface area contributed by atoms with Crippen molar-refractivity contribution < 1.29 is 14.4 Å². The lowest BCUT2D eigenvalue weighted by Crippen LogP contribution is -2.37. The number of carbonyl (C=O) groups is 3. The Kier molecular flexibility index (Phi) is 9.65. The fraction of sp³-hybridized carbons (Fsp3) is 0.389. The molecule has 0 spiro atoms. The Morgan fingerprint density at radius 3 is 2.38 bits per heavy atom. The molecule has 0 unspecified atom stereocenters. The second kappa shape index (κ2) is 12.0. The Morgan fingerprint density at radius 1 is 1.07 bits per heavy atom. The van der Waals surface area contributed by atoms with Gasteiger partial charge in [0.1, 0.15) is 0 Å². The molecule has 0 saturated carbocycles. The van der Waals surface area contributed by atoms with Crippen LogP contribution < -0.4 is 32.9 Å². The van der Waals surface area contributed by atoms with Gasteiger partial charge in [-0.3, -0.25) is 19.0 Å². The van der Waals surface area contributed by atoms with E-state index < -0.39 is 23.2 Å². The van der Waals surface area contributed by atoms with E-state index in [0.29, 0.717) is 19.5 Å². The van der Waals surface area contributed by atoms with Crippen LogP contribution in [-0.4, -0.2) is 46.6 Å². The van der Waals surface area contributed by atoms with Crippen LogP contribution in [0.15, 0.2) is 34.0 Å². The second-order valence-corrected chi connectivity index (χ2v) is 6.09. The summed E-state index contributed by atoms with van der Waals surface area (Å²) in [4.78, 5) is 57.3. The fourth-order valence-electron chi connectivity index (χ4n) is 2.22. The summed E-state index contributed by atoms with van der Waals surface area (Å²) in [6, 6.07) is -0.623. The Hall–Kier alpha value is -3.63. The molecule has 158 valence electrons. The summed E-state index contributed by atoms with van der Waals surface area (Å²) in [6.07, 6.45) is 8.02. The first-order valence-electron chi connectivity index (χ1n) is 8.90. The molecule has 0 aliphatic heterocycles. The third-order valence-corrected chi connectivity index (χ3v) is 3.74. The predicted molar refractivity (Wildman–Crippen MR) is 108 cm³/mol. The van der Waals surface area contributed by atoms with Gasteiger partial charge in [-0.2, -0.15) is 0 Å². The largest absolute Gasteiger partial charge is 0.353 e. The number of nitrogens with zero attached hydrogens (tertiary/aromatic N) is 2. The van der Waals surface area contributed by atoms with Crippen molar-refractivity contribution in [2.24, 2.45) is 19.8 Å². The number of aryl methyl sites for hydroxylation is 1. The van der Waals surface area contributed by atoms with Gasteiger partial charge in [-0.15, -0.1) is 0 Å². The Morgan fingerprint density at radius 2 is 1.72 bits per heavy atom. The van der Waals surface area contributed by atoms with Gasteiger partial charge in [0.25, 0.3) is 5.56 Å².